The van der Waals surface area contributed by atoms with Crippen molar-refractivity contribution in [3.63, 3.8) is 0 Å². The molecule has 0 bridgehead atoms. The van der Waals surface area contributed by atoms with E-state index in [1.165, 1.54) is 5.56 Å². The highest BCUT2D eigenvalue weighted by Gasteiger charge is 2.32. The first-order valence-corrected chi connectivity index (χ1v) is 10.6. The highest BCUT2D eigenvalue weighted by atomic mass is 16.5. The highest BCUT2D eigenvalue weighted by molar-refractivity contribution is 5.90. The Morgan fingerprint density at radius 1 is 1.13 bits per heavy atom. The van der Waals surface area contributed by atoms with Gasteiger partial charge >= 0.3 is 6.03 Å². The van der Waals surface area contributed by atoms with Crippen LogP contribution in [0.3, 0.4) is 0 Å². The number of hydrogen-bond donors (Lipinski definition) is 1. The second-order valence-corrected chi connectivity index (χ2v) is 7.96. The quantitative estimate of drug-likeness (QED) is 0.794. The van der Waals surface area contributed by atoms with Crippen molar-refractivity contribution < 1.29 is 14.3 Å². The third-order valence-electron chi connectivity index (χ3n) is 5.69. The van der Waals surface area contributed by atoms with Gasteiger partial charge in [-0.2, -0.15) is 0 Å². The van der Waals surface area contributed by atoms with Gasteiger partial charge in [0.25, 0.3) is 0 Å². The van der Waals surface area contributed by atoms with Crippen molar-refractivity contribution in [2.45, 2.75) is 38.2 Å². The number of urea groups is 1. The lowest BCUT2D eigenvalue weighted by atomic mass is 9.93. The molecule has 3 amide bonds. The van der Waals surface area contributed by atoms with Gasteiger partial charge in [0.2, 0.25) is 5.91 Å². The molecule has 2 aromatic rings. The van der Waals surface area contributed by atoms with Crippen LogP contribution in [0, 0.1) is 0 Å². The van der Waals surface area contributed by atoms with E-state index in [0.29, 0.717) is 32.0 Å². The number of carbonyl (C=O) groups excluding carboxylic acids is 2. The van der Waals surface area contributed by atoms with Gasteiger partial charge in [0.1, 0.15) is 11.9 Å². The molecular weight excluding hydrogens is 380 g/mol. The summed E-state index contributed by atoms with van der Waals surface area (Å²) in [5.74, 6) is 1.32. The molecule has 30 heavy (non-hydrogen) atoms. The normalized spacial score (nSPS) is 18.8. The lowest BCUT2D eigenvalue weighted by Crippen LogP contribution is -2.50. The van der Waals surface area contributed by atoms with Gasteiger partial charge in [0, 0.05) is 56.5 Å². The molecule has 7 nitrogen and oxygen atoms in total. The van der Waals surface area contributed by atoms with Gasteiger partial charge in [-0.1, -0.05) is 13.0 Å². The molecule has 0 radical (unpaired) electrons. The van der Waals surface area contributed by atoms with Crippen LogP contribution in [0.4, 0.5) is 10.5 Å². The van der Waals surface area contributed by atoms with Gasteiger partial charge in [-0.05, 0) is 42.3 Å². The number of benzene rings is 1. The molecule has 158 valence electrons. The van der Waals surface area contributed by atoms with E-state index in [2.05, 4.69) is 16.4 Å². The lowest BCUT2D eigenvalue weighted by molar-refractivity contribution is -0.130. The van der Waals surface area contributed by atoms with Crippen molar-refractivity contribution in [1.82, 2.24) is 14.8 Å². The molecule has 0 spiro atoms. The van der Waals surface area contributed by atoms with Crippen LogP contribution in [-0.4, -0.2) is 59.0 Å². The number of anilines is 1. The molecule has 2 aliphatic heterocycles. The summed E-state index contributed by atoms with van der Waals surface area (Å²) in [6.45, 7) is 4.82. The molecular formula is C23H28N4O3. The van der Waals surface area contributed by atoms with Crippen molar-refractivity contribution in [1.29, 1.82) is 0 Å². The average molecular weight is 409 g/mol. The first kappa shape index (κ1) is 20.2. The summed E-state index contributed by atoms with van der Waals surface area (Å²) in [6.07, 6.45) is 5.96. The summed E-state index contributed by atoms with van der Waals surface area (Å²) in [5, 5.41) is 2.94. The number of nitrogens with zero attached hydrogens (tertiary/aromatic N) is 3. The minimum Gasteiger partial charge on any atom is -0.489 e. The molecule has 1 atom stereocenters. The van der Waals surface area contributed by atoms with Gasteiger partial charge in [-0.25, -0.2) is 4.79 Å². The summed E-state index contributed by atoms with van der Waals surface area (Å²) >= 11 is 0. The number of likely N-dealkylation sites (tertiary alicyclic amines) is 2. The largest absolute Gasteiger partial charge is 0.489 e. The van der Waals surface area contributed by atoms with Crippen LogP contribution in [0.5, 0.6) is 5.75 Å². The van der Waals surface area contributed by atoms with Crippen molar-refractivity contribution in [2.75, 3.05) is 31.5 Å². The van der Waals surface area contributed by atoms with Gasteiger partial charge in [0.05, 0.1) is 6.54 Å². The molecule has 0 saturated carbocycles. The Balaban J connectivity index is 1.22. The molecule has 7 heteroatoms. The third kappa shape index (κ3) is 4.72. The summed E-state index contributed by atoms with van der Waals surface area (Å²) in [4.78, 5) is 32.2. The summed E-state index contributed by atoms with van der Waals surface area (Å²) in [5.41, 5.74) is 1.91. The number of nitrogens with one attached hydrogen (secondary N) is 1. The fourth-order valence-electron chi connectivity index (χ4n) is 3.91. The highest BCUT2D eigenvalue weighted by Crippen LogP contribution is 2.27. The maximum atomic E-state index is 12.4. The number of pyridine rings is 1. The lowest BCUT2D eigenvalue weighted by Gasteiger charge is -2.39. The zero-order valence-corrected chi connectivity index (χ0v) is 17.3. The van der Waals surface area contributed by atoms with Crippen LogP contribution < -0.4 is 10.1 Å². The second-order valence-electron chi connectivity index (χ2n) is 7.96. The average Bonchev–Trinajstić information content (AvgIpc) is 3.18. The second kappa shape index (κ2) is 9.15. The van der Waals surface area contributed by atoms with E-state index >= 15 is 0 Å². The zero-order chi connectivity index (χ0) is 20.9. The third-order valence-corrected chi connectivity index (χ3v) is 5.69. The van der Waals surface area contributed by atoms with Crippen molar-refractivity contribution in [3.8, 4) is 5.75 Å². The topological polar surface area (TPSA) is 74.8 Å². The van der Waals surface area contributed by atoms with Gasteiger partial charge in [-0.3, -0.25) is 9.78 Å². The first-order chi connectivity index (χ1) is 14.6. The minimum atomic E-state index is -0.0929. The predicted octanol–water partition coefficient (Wildman–Crippen LogP) is 3.49. The Morgan fingerprint density at radius 3 is 2.63 bits per heavy atom. The number of ether oxygens (including phenoxy) is 1. The Bertz CT molecular complexity index is 866. The van der Waals surface area contributed by atoms with Gasteiger partial charge < -0.3 is 19.9 Å². The number of aromatic nitrogens is 1. The molecule has 4 rings (SSSR count). The van der Waals surface area contributed by atoms with E-state index < -0.39 is 0 Å². The smallest absolute Gasteiger partial charge is 0.321 e. The van der Waals surface area contributed by atoms with E-state index in [9.17, 15) is 9.59 Å². The van der Waals surface area contributed by atoms with Crippen molar-refractivity contribution in [3.05, 3.63) is 54.4 Å². The number of carbonyl (C=O) groups is 2. The van der Waals surface area contributed by atoms with E-state index in [1.54, 1.807) is 11.1 Å². The molecule has 0 unspecified atom stereocenters. The van der Waals surface area contributed by atoms with E-state index in [1.807, 2.05) is 48.4 Å². The van der Waals surface area contributed by atoms with Crippen LogP contribution in [0.15, 0.2) is 48.8 Å². The zero-order valence-electron chi connectivity index (χ0n) is 17.3. The van der Waals surface area contributed by atoms with Crippen LogP contribution in [0.2, 0.25) is 0 Å². The van der Waals surface area contributed by atoms with E-state index in [0.717, 1.165) is 30.8 Å². The Morgan fingerprint density at radius 2 is 1.93 bits per heavy atom. The molecule has 2 aliphatic rings. The van der Waals surface area contributed by atoms with E-state index in [-0.39, 0.29) is 18.0 Å². The summed E-state index contributed by atoms with van der Waals surface area (Å²) < 4.78 is 6.01. The molecule has 2 saturated heterocycles. The molecule has 1 aromatic heterocycles. The van der Waals surface area contributed by atoms with Gasteiger partial charge in [0.15, 0.2) is 0 Å². The van der Waals surface area contributed by atoms with Crippen LogP contribution >= 0.6 is 0 Å². The van der Waals surface area contributed by atoms with E-state index in [4.69, 9.17) is 4.74 Å². The Labute approximate surface area is 177 Å². The first-order valence-electron chi connectivity index (χ1n) is 10.6. The number of amides is 3. The molecule has 2 fully saturated rings. The Kier molecular flexibility index (Phi) is 6.16. The molecule has 1 aromatic carbocycles. The maximum Gasteiger partial charge on any atom is 0.321 e. The summed E-state index contributed by atoms with van der Waals surface area (Å²) in [6, 6.07) is 11.3. The fraction of sp³-hybridized carbons (Fsp3) is 0.435. The van der Waals surface area contributed by atoms with Crippen molar-refractivity contribution in [2.24, 2.45) is 0 Å². The SMILES string of the molecule is CCCC(=O)N1CC[C@@H](Oc2ccc(NC(=O)N3CC(c4cccnc4)C3)cc2)C1. The van der Waals surface area contributed by atoms with Crippen LogP contribution in [0.25, 0.3) is 0 Å². The molecule has 3 heterocycles. The van der Waals surface area contributed by atoms with Crippen molar-refractivity contribution >= 4 is 17.6 Å². The minimum absolute atomic E-state index is 0.0248. The monoisotopic (exact) mass is 408 g/mol. The fourth-order valence-corrected chi connectivity index (χ4v) is 3.91. The number of hydrogen-bond acceptors (Lipinski definition) is 4. The summed E-state index contributed by atoms with van der Waals surface area (Å²) in [7, 11) is 0. The molecule has 1 N–H and O–H groups in total. The Hall–Kier alpha value is -3.09. The maximum absolute atomic E-state index is 12.4. The van der Waals surface area contributed by atoms with Gasteiger partial charge in [-0.15, -0.1) is 0 Å². The van der Waals surface area contributed by atoms with Crippen LogP contribution in [0.1, 0.15) is 37.7 Å². The number of rotatable bonds is 6. The predicted molar refractivity (Wildman–Crippen MR) is 115 cm³/mol. The van der Waals surface area contributed by atoms with Crippen LogP contribution in [-0.2, 0) is 4.79 Å². The standard InChI is InChI=1S/C23H28N4O3/c1-2-4-22(28)26-12-10-21(16-26)30-20-8-6-19(7-9-20)25-23(29)27-14-18(15-27)17-5-3-11-24-13-17/h3,5-9,11,13,18,21H,2,4,10,12,14-16H2,1H3,(H,25,29)/t21-/m1/s1. The molecule has 0 aliphatic carbocycles.